The van der Waals surface area contributed by atoms with Crippen LogP contribution in [0.5, 0.6) is 0 Å². The molecule has 3 rings (SSSR count). The van der Waals surface area contributed by atoms with Crippen molar-refractivity contribution < 1.29 is 19.1 Å². The Morgan fingerprint density at radius 2 is 2.00 bits per heavy atom. The van der Waals surface area contributed by atoms with E-state index in [1.54, 1.807) is 4.57 Å². The van der Waals surface area contributed by atoms with E-state index in [1.807, 2.05) is 38.1 Å². The quantitative estimate of drug-likeness (QED) is 0.243. The van der Waals surface area contributed by atoms with Gasteiger partial charge in [0.15, 0.2) is 5.69 Å². The number of hydrogen-bond donors (Lipinski definition) is 1. The van der Waals surface area contributed by atoms with Gasteiger partial charge in [-0.2, -0.15) is 5.26 Å². The topological polar surface area (TPSA) is 106 Å². The zero-order chi connectivity index (χ0) is 27.2. The summed E-state index contributed by atoms with van der Waals surface area (Å²) in [7, 11) is 0.134. The van der Waals surface area contributed by atoms with Crippen molar-refractivity contribution in [3.05, 3.63) is 53.1 Å². The lowest BCUT2D eigenvalue weighted by Crippen LogP contribution is -2.30. The highest BCUT2D eigenvalue weighted by Gasteiger charge is 2.32. The van der Waals surface area contributed by atoms with Crippen molar-refractivity contribution in [2.45, 2.75) is 77.4 Å². The van der Waals surface area contributed by atoms with Gasteiger partial charge in [0.1, 0.15) is 12.8 Å². The molecular weight excluding hydrogens is 484 g/mol. The molecule has 0 bridgehead atoms. The molecule has 0 radical (unpaired) electrons. The van der Waals surface area contributed by atoms with Crippen molar-refractivity contribution in [3.8, 4) is 6.07 Å². The summed E-state index contributed by atoms with van der Waals surface area (Å²) in [4.78, 5) is 30.1. The maximum Gasteiger partial charge on any atom is 0.315 e. The number of benzene rings is 1. The molecular formula is C28H38N4O4Si. The van der Waals surface area contributed by atoms with Gasteiger partial charge in [-0.3, -0.25) is 9.59 Å². The smallest absolute Gasteiger partial charge is 0.315 e. The third-order valence-electron chi connectivity index (χ3n) is 6.64. The SMILES string of the molecule is COC(=O)C(C)(C)c1ccc(NC(=O)c2nc(C#N)cn2COCC[Si](C)(C)C)c(C2=CCCCC2)c1. The summed E-state index contributed by atoms with van der Waals surface area (Å²) in [6.07, 6.45) is 7.79. The van der Waals surface area contributed by atoms with Crippen LogP contribution in [0.15, 0.2) is 30.5 Å². The number of nitrogens with zero attached hydrogens (tertiary/aromatic N) is 3. The summed E-state index contributed by atoms with van der Waals surface area (Å²) in [5.41, 5.74) is 2.78. The van der Waals surface area contributed by atoms with E-state index in [2.05, 4.69) is 36.0 Å². The molecule has 8 nitrogen and oxygen atoms in total. The maximum absolute atomic E-state index is 13.4. The van der Waals surface area contributed by atoms with Crippen LogP contribution in [-0.4, -0.2) is 43.2 Å². The van der Waals surface area contributed by atoms with Crippen molar-refractivity contribution in [1.29, 1.82) is 5.26 Å². The zero-order valence-electron chi connectivity index (χ0n) is 22.8. The number of allylic oxidation sites excluding steroid dienone is 2. The van der Waals surface area contributed by atoms with Crippen LogP contribution in [0.1, 0.15) is 67.0 Å². The number of methoxy groups -OCH3 is 1. The second kappa shape index (κ2) is 11.9. The molecule has 1 heterocycles. The molecule has 37 heavy (non-hydrogen) atoms. The number of nitrogens with one attached hydrogen (secondary N) is 1. The number of anilines is 1. The second-order valence-corrected chi connectivity index (χ2v) is 16.8. The predicted octanol–water partition coefficient (Wildman–Crippen LogP) is 5.73. The average molecular weight is 523 g/mol. The highest BCUT2D eigenvalue weighted by molar-refractivity contribution is 6.76. The molecule has 0 atom stereocenters. The normalized spacial score (nSPS) is 14.0. The number of hydrogen-bond acceptors (Lipinski definition) is 6. The number of nitriles is 1. The Kier molecular flexibility index (Phi) is 9.10. The number of amides is 1. The van der Waals surface area contributed by atoms with E-state index >= 15 is 0 Å². The Bertz CT molecular complexity index is 1220. The summed E-state index contributed by atoms with van der Waals surface area (Å²) < 4.78 is 12.4. The fourth-order valence-electron chi connectivity index (χ4n) is 4.23. The monoisotopic (exact) mass is 522 g/mol. The molecule has 1 N–H and O–H groups in total. The van der Waals surface area contributed by atoms with Crippen molar-refractivity contribution >= 4 is 31.2 Å². The summed E-state index contributed by atoms with van der Waals surface area (Å²) in [5.74, 6) is -0.631. The summed E-state index contributed by atoms with van der Waals surface area (Å²) in [6, 6.07) is 8.65. The van der Waals surface area contributed by atoms with Gasteiger partial charge in [0.05, 0.1) is 12.5 Å². The number of carbonyl (C=O) groups excluding carboxylic acids is 2. The Morgan fingerprint density at radius 3 is 2.62 bits per heavy atom. The average Bonchev–Trinajstić information content (AvgIpc) is 3.29. The molecule has 0 aliphatic heterocycles. The van der Waals surface area contributed by atoms with Crippen LogP contribution in [0.2, 0.25) is 25.7 Å². The molecule has 1 aromatic heterocycles. The Hall–Kier alpha value is -3.22. The van der Waals surface area contributed by atoms with E-state index in [9.17, 15) is 14.9 Å². The van der Waals surface area contributed by atoms with Crippen LogP contribution >= 0.6 is 0 Å². The maximum atomic E-state index is 13.4. The largest absolute Gasteiger partial charge is 0.468 e. The van der Waals surface area contributed by atoms with Crippen molar-refractivity contribution in [2.75, 3.05) is 19.0 Å². The first-order valence-electron chi connectivity index (χ1n) is 12.7. The molecule has 2 aromatic rings. The van der Waals surface area contributed by atoms with Crippen LogP contribution in [0.25, 0.3) is 5.57 Å². The van der Waals surface area contributed by atoms with Crippen molar-refractivity contribution in [1.82, 2.24) is 9.55 Å². The first-order chi connectivity index (χ1) is 17.5. The third kappa shape index (κ3) is 7.18. The van der Waals surface area contributed by atoms with Gasteiger partial charge in [-0.05, 0) is 68.8 Å². The molecule has 1 aliphatic rings. The fourth-order valence-corrected chi connectivity index (χ4v) is 4.99. The lowest BCUT2D eigenvalue weighted by Gasteiger charge is -2.25. The highest BCUT2D eigenvalue weighted by atomic mass is 28.3. The number of ether oxygens (including phenoxy) is 2. The highest BCUT2D eigenvalue weighted by Crippen LogP contribution is 2.36. The van der Waals surface area contributed by atoms with Gasteiger partial charge in [0, 0.05) is 32.1 Å². The van der Waals surface area contributed by atoms with E-state index in [1.165, 1.54) is 13.3 Å². The Balaban J connectivity index is 1.90. The molecule has 198 valence electrons. The second-order valence-electron chi connectivity index (χ2n) is 11.2. The molecule has 0 unspecified atom stereocenters. The van der Waals surface area contributed by atoms with E-state index in [0.717, 1.165) is 48.4 Å². The first kappa shape index (κ1) is 28.3. The van der Waals surface area contributed by atoms with E-state index < -0.39 is 19.4 Å². The summed E-state index contributed by atoms with van der Waals surface area (Å²) in [6.45, 7) is 11.2. The fraction of sp³-hybridized carbons (Fsp3) is 0.500. The van der Waals surface area contributed by atoms with E-state index in [-0.39, 0.29) is 24.2 Å². The van der Waals surface area contributed by atoms with Gasteiger partial charge in [0.25, 0.3) is 5.91 Å². The van der Waals surface area contributed by atoms with Gasteiger partial charge in [-0.25, -0.2) is 4.98 Å². The van der Waals surface area contributed by atoms with Crippen molar-refractivity contribution in [3.63, 3.8) is 0 Å². The predicted molar refractivity (Wildman–Crippen MR) is 147 cm³/mol. The number of rotatable bonds is 10. The molecule has 0 saturated carbocycles. The van der Waals surface area contributed by atoms with Crippen LogP contribution < -0.4 is 5.32 Å². The van der Waals surface area contributed by atoms with Crippen LogP contribution in [0.3, 0.4) is 0 Å². The van der Waals surface area contributed by atoms with Crippen LogP contribution in [-0.2, 0) is 26.4 Å². The molecule has 1 aromatic carbocycles. The standard InChI is InChI=1S/C28H38N4O4Si/c1-28(2,27(34)35-3)21-12-13-24(23(16-21)20-10-8-7-9-11-20)31-26(33)25-30-22(17-29)18-32(25)19-36-14-15-37(4,5)6/h10,12-13,16,18H,7-9,11,14-15,19H2,1-6H3,(H,31,33). The molecule has 0 saturated heterocycles. The molecule has 9 heteroatoms. The zero-order valence-corrected chi connectivity index (χ0v) is 23.8. The minimum absolute atomic E-state index is 0.118. The van der Waals surface area contributed by atoms with Crippen LogP contribution in [0, 0.1) is 11.3 Å². The molecule has 0 fully saturated rings. The molecule has 1 aliphatic carbocycles. The summed E-state index contributed by atoms with van der Waals surface area (Å²) >= 11 is 0. The number of imidazole rings is 1. The summed E-state index contributed by atoms with van der Waals surface area (Å²) in [5, 5.41) is 12.4. The van der Waals surface area contributed by atoms with E-state index in [0.29, 0.717) is 12.3 Å². The number of aromatic nitrogens is 2. The van der Waals surface area contributed by atoms with Gasteiger partial charge < -0.3 is 19.4 Å². The first-order valence-corrected chi connectivity index (χ1v) is 16.5. The van der Waals surface area contributed by atoms with Gasteiger partial charge in [-0.1, -0.05) is 31.8 Å². The third-order valence-corrected chi connectivity index (χ3v) is 8.35. The number of esters is 1. The minimum Gasteiger partial charge on any atom is -0.468 e. The molecule has 1 amide bonds. The Morgan fingerprint density at radius 1 is 1.24 bits per heavy atom. The minimum atomic E-state index is -1.25. The van der Waals surface area contributed by atoms with Gasteiger partial charge in [0.2, 0.25) is 5.82 Å². The van der Waals surface area contributed by atoms with Crippen LogP contribution in [0.4, 0.5) is 5.69 Å². The lowest BCUT2D eigenvalue weighted by molar-refractivity contribution is -0.146. The molecule has 0 spiro atoms. The van der Waals surface area contributed by atoms with Gasteiger partial charge in [-0.15, -0.1) is 0 Å². The van der Waals surface area contributed by atoms with Gasteiger partial charge >= 0.3 is 5.97 Å². The number of carbonyl (C=O) groups is 2. The van der Waals surface area contributed by atoms with E-state index in [4.69, 9.17) is 9.47 Å². The van der Waals surface area contributed by atoms with Crippen molar-refractivity contribution in [2.24, 2.45) is 0 Å². The Labute approximate surface area is 220 Å². The lowest BCUT2D eigenvalue weighted by atomic mass is 9.82.